The first kappa shape index (κ1) is 22.6. The molecule has 2 atom stereocenters. The molecule has 0 bridgehead atoms. The zero-order valence-corrected chi connectivity index (χ0v) is 18.9. The molecule has 1 aliphatic heterocycles. The molecule has 0 unspecified atom stereocenters. The van der Waals surface area contributed by atoms with Crippen LogP contribution in [0.2, 0.25) is 5.02 Å². The Bertz CT molecular complexity index is 1180. The van der Waals surface area contributed by atoms with Gasteiger partial charge < -0.3 is 10.1 Å². The molecule has 0 aromatic heterocycles. The maximum atomic E-state index is 12.6. The molecular formula is C23H23ClN4O3S. The summed E-state index contributed by atoms with van der Waals surface area (Å²) in [4.78, 5) is -0.0544. The predicted octanol–water partition coefficient (Wildman–Crippen LogP) is 3.32. The molecule has 7 nitrogen and oxygen atoms in total. The lowest BCUT2D eigenvalue weighted by Gasteiger charge is -2.32. The van der Waals surface area contributed by atoms with E-state index >= 15 is 0 Å². The Hall–Kier alpha value is -2.62. The molecule has 9 heteroatoms. The van der Waals surface area contributed by atoms with E-state index in [4.69, 9.17) is 21.6 Å². The number of rotatable bonds is 7. The third kappa shape index (κ3) is 4.90. The van der Waals surface area contributed by atoms with Crippen LogP contribution in [0.3, 0.4) is 0 Å². The van der Waals surface area contributed by atoms with Gasteiger partial charge in [0.05, 0.1) is 23.1 Å². The van der Waals surface area contributed by atoms with E-state index < -0.39 is 15.6 Å². The Morgan fingerprint density at radius 3 is 2.59 bits per heavy atom. The van der Waals surface area contributed by atoms with E-state index in [-0.39, 0.29) is 16.4 Å². The topological polar surface area (TPSA) is 115 Å². The summed E-state index contributed by atoms with van der Waals surface area (Å²) in [6, 6.07) is 16.1. The lowest BCUT2D eigenvalue weighted by molar-refractivity contribution is 0.196. The maximum Gasteiger partial charge on any atom is 0.241 e. The molecule has 2 aliphatic rings. The van der Waals surface area contributed by atoms with E-state index in [0.717, 1.165) is 19.5 Å². The van der Waals surface area contributed by atoms with Crippen LogP contribution < -0.4 is 14.8 Å². The van der Waals surface area contributed by atoms with Crippen molar-refractivity contribution in [2.75, 3.05) is 19.7 Å². The van der Waals surface area contributed by atoms with Crippen LogP contribution >= 0.6 is 11.6 Å². The van der Waals surface area contributed by atoms with Crippen LogP contribution in [0.25, 0.3) is 0 Å². The van der Waals surface area contributed by atoms with Crippen molar-refractivity contribution in [1.29, 1.82) is 10.5 Å². The second-order valence-electron chi connectivity index (χ2n) is 8.29. The number of hydrogen-bond donors (Lipinski definition) is 2. The van der Waals surface area contributed by atoms with E-state index in [1.165, 1.54) is 23.8 Å². The summed E-state index contributed by atoms with van der Waals surface area (Å²) in [5.74, 6) is 0.823. The number of ether oxygens (including phenoxy) is 1. The van der Waals surface area contributed by atoms with Gasteiger partial charge in [-0.25, -0.2) is 8.42 Å². The predicted molar refractivity (Wildman–Crippen MR) is 120 cm³/mol. The van der Waals surface area contributed by atoms with Crippen LogP contribution in [0, 0.1) is 28.6 Å². The standard InChI is InChI=1S/C23H23ClN4O3S/c24-19-3-1-16(2-4-19)21-7-10-27-13-18(21)14-31-22-6-5-20(11-17(22)12-25)32(29,30)28-23(15-26)8-9-23/h1-6,11,18,21,27-28H,7-10,13-14H2/t18-,21-/m1/s1. The molecule has 2 N–H and O–H groups in total. The minimum Gasteiger partial charge on any atom is -0.492 e. The molecule has 2 aromatic carbocycles. The number of halogens is 1. The summed E-state index contributed by atoms with van der Waals surface area (Å²) in [5.41, 5.74) is 0.316. The van der Waals surface area contributed by atoms with Gasteiger partial charge in [0.25, 0.3) is 0 Å². The normalized spacial score (nSPS) is 21.8. The Kier molecular flexibility index (Phi) is 6.41. The first-order chi connectivity index (χ1) is 15.4. The van der Waals surface area contributed by atoms with E-state index in [1.54, 1.807) is 0 Å². The molecule has 0 radical (unpaired) electrons. The van der Waals surface area contributed by atoms with Gasteiger partial charge >= 0.3 is 0 Å². The highest BCUT2D eigenvalue weighted by molar-refractivity contribution is 7.89. The Balaban J connectivity index is 1.48. The van der Waals surface area contributed by atoms with Crippen molar-refractivity contribution >= 4 is 21.6 Å². The van der Waals surface area contributed by atoms with Gasteiger partial charge in [-0.3, -0.25) is 0 Å². The van der Waals surface area contributed by atoms with Gasteiger partial charge in [-0.15, -0.1) is 0 Å². The third-order valence-corrected chi connectivity index (χ3v) is 7.82. The van der Waals surface area contributed by atoms with Crippen LogP contribution in [0.5, 0.6) is 5.75 Å². The smallest absolute Gasteiger partial charge is 0.241 e. The highest BCUT2D eigenvalue weighted by atomic mass is 35.5. The highest BCUT2D eigenvalue weighted by Gasteiger charge is 2.46. The van der Waals surface area contributed by atoms with Gasteiger partial charge in [0, 0.05) is 17.5 Å². The SMILES string of the molecule is N#Cc1cc(S(=O)(=O)NC2(C#N)CC2)ccc1OC[C@H]1CNCC[C@@H]1c1ccc(Cl)cc1. The first-order valence-corrected chi connectivity index (χ1v) is 12.3. The number of benzene rings is 2. The summed E-state index contributed by atoms with van der Waals surface area (Å²) in [6.07, 6.45) is 1.93. The van der Waals surface area contributed by atoms with Crippen molar-refractivity contribution < 1.29 is 13.2 Å². The summed E-state index contributed by atoms with van der Waals surface area (Å²) in [5, 5.41) is 22.8. The number of nitrogens with zero attached hydrogens (tertiary/aromatic N) is 2. The lowest BCUT2D eigenvalue weighted by atomic mass is 9.81. The van der Waals surface area contributed by atoms with Crippen molar-refractivity contribution in [3.05, 3.63) is 58.6 Å². The molecule has 1 saturated heterocycles. The van der Waals surface area contributed by atoms with Gasteiger partial charge in [0.15, 0.2) is 0 Å². The molecule has 1 saturated carbocycles. The molecule has 166 valence electrons. The summed E-state index contributed by atoms with van der Waals surface area (Å²) < 4.78 is 33.7. The molecule has 1 heterocycles. The molecule has 4 rings (SSSR count). The molecule has 32 heavy (non-hydrogen) atoms. The minimum absolute atomic E-state index is 0.0544. The number of hydrogen-bond acceptors (Lipinski definition) is 6. The zero-order chi connectivity index (χ0) is 22.8. The van der Waals surface area contributed by atoms with Crippen molar-refractivity contribution in [2.24, 2.45) is 5.92 Å². The molecule has 2 fully saturated rings. The molecule has 2 aromatic rings. The number of nitrogens with one attached hydrogen (secondary N) is 2. The van der Waals surface area contributed by atoms with Gasteiger partial charge in [-0.2, -0.15) is 15.2 Å². The van der Waals surface area contributed by atoms with Gasteiger partial charge in [-0.1, -0.05) is 23.7 Å². The fraction of sp³-hybridized carbons (Fsp3) is 0.391. The highest BCUT2D eigenvalue weighted by Crippen LogP contribution is 2.36. The van der Waals surface area contributed by atoms with Crippen LogP contribution in [-0.4, -0.2) is 33.7 Å². The monoisotopic (exact) mass is 470 g/mol. The average Bonchev–Trinajstić information content (AvgIpc) is 3.57. The van der Waals surface area contributed by atoms with E-state index in [9.17, 15) is 13.7 Å². The molecule has 0 amide bonds. The van der Waals surface area contributed by atoms with Crippen LogP contribution in [0.15, 0.2) is 47.4 Å². The van der Waals surface area contributed by atoms with E-state index in [0.29, 0.717) is 36.1 Å². The molecular weight excluding hydrogens is 448 g/mol. The van der Waals surface area contributed by atoms with Crippen molar-refractivity contribution in [3.63, 3.8) is 0 Å². The maximum absolute atomic E-state index is 12.6. The number of piperidine rings is 1. The number of nitriles is 2. The Morgan fingerprint density at radius 1 is 1.19 bits per heavy atom. The minimum atomic E-state index is -3.90. The zero-order valence-electron chi connectivity index (χ0n) is 17.3. The Morgan fingerprint density at radius 2 is 1.94 bits per heavy atom. The number of sulfonamides is 1. The summed E-state index contributed by atoms with van der Waals surface area (Å²) in [7, 11) is -3.90. The van der Waals surface area contributed by atoms with Crippen molar-refractivity contribution in [3.8, 4) is 17.9 Å². The van der Waals surface area contributed by atoms with E-state index in [1.807, 2.05) is 36.4 Å². The summed E-state index contributed by atoms with van der Waals surface area (Å²) in [6.45, 7) is 2.08. The van der Waals surface area contributed by atoms with Crippen LogP contribution in [0.1, 0.15) is 36.3 Å². The second-order valence-corrected chi connectivity index (χ2v) is 10.4. The molecule has 0 spiro atoms. The van der Waals surface area contributed by atoms with Crippen LogP contribution in [-0.2, 0) is 10.0 Å². The lowest BCUT2D eigenvalue weighted by Crippen LogP contribution is -2.38. The van der Waals surface area contributed by atoms with Gasteiger partial charge in [0.1, 0.15) is 17.4 Å². The third-order valence-electron chi connectivity index (χ3n) is 6.03. The van der Waals surface area contributed by atoms with Crippen molar-refractivity contribution in [1.82, 2.24) is 10.0 Å². The first-order valence-electron chi connectivity index (χ1n) is 10.4. The van der Waals surface area contributed by atoms with E-state index in [2.05, 4.69) is 10.0 Å². The van der Waals surface area contributed by atoms with Gasteiger partial charge in [0.2, 0.25) is 10.0 Å². The van der Waals surface area contributed by atoms with Crippen molar-refractivity contribution in [2.45, 2.75) is 35.6 Å². The van der Waals surface area contributed by atoms with Crippen LogP contribution in [0.4, 0.5) is 0 Å². The molecule has 1 aliphatic carbocycles. The largest absolute Gasteiger partial charge is 0.492 e. The second kappa shape index (κ2) is 9.09. The fourth-order valence-electron chi connectivity index (χ4n) is 4.01. The quantitative estimate of drug-likeness (QED) is 0.641. The average molecular weight is 471 g/mol. The fourth-order valence-corrected chi connectivity index (χ4v) is 5.54. The summed E-state index contributed by atoms with van der Waals surface area (Å²) >= 11 is 6.02. The Labute approximate surface area is 193 Å². The van der Waals surface area contributed by atoms with Gasteiger partial charge in [-0.05, 0) is 67.6 Å².